The number of nitrogens with zero attached hydrogens (tertiary/aromatic N) is 1. The van der Waals surface area contributed by atoms with E-state index in [0.717, 1.165) is 12.3 Å². The van der Waals surface area contributed by atoms with Gasteiger partial charge in [-0.1, -0.05) is 11.6 Å². The first-order chi connectivity index (χ1) is 6.98. The van der Waals surface area contributed by atoms with Crippen molar-refractivity contribution in [2.45, 2.75) is 6.05 Å². The zero-order valence-electron chi connectivity index (χ0n) is 7.31. The lowest BCUT2D eigenvalue weighted by Crippen LogP contribution is -2.30. The highest BCUT2D eigenvalue weighted by Crippen LogP contribution is 2.23. The van der Waals surface area contributed by atoms with Gasteiger partial charge in [-0.2, -0.15) is 8.78 Å². The van der Waals surface area contributed by atoms with Crippen LogP contribution in [-0.4, -0.2) is 24.0 Å². The van der Waals surface area contributed by atoms with Crippen molar-refractivity contribution in [3.05, 3.63) is 23.0 Å². The number of hydrogen-bond acceptors (Lipinski definition) is 3. The fourth-order valence-electron chi connectivity index (χ4n) is 0.873. The zero-order chi connectivity index (χ0) is 11.5. The zero-order valence-corrected chi connectivity index (χ0v) is 8.06. The second-order valence-corrected chi connectivity index (χ2v) is 3.06. The Balaban J connectivity index is 3.02. The molecule has 0 saturated heterocycles. The van der Waals surface area contributed by atoms with Crippen molar-refractivity contribution in [1.29, 1.82) is 0 Å². The van der Waals surface area contributed by atoms with Gasteiger partial charge in [-0.25, -0.2) is 9.37 Å². The highest BCUT2D eigenvalue weighted by molar-refractivity contribution is 6.29. The Hall–Kier alpha value is -1.30. The number of nitrogens with one attached hydrogen (secondary N) is 1. The number of rotatable bonds is 4. The normalized spacial score (nSPS) is 11.2. The van der Waals surface area contributed by atoms with E-state index >= 15 is 0 Å². The van der Waals surface area contributed by atoms with Crippen LogP contribution in [0.5, 0.6) is 0 Å². The molecule has 82 valence electrons. The van der Waals surface area contributed by atoms with E-state index in [1.54, 1.807) is 5.32 Å². The molecule has 1 heterocycles. The third-order valence-electron chi connectivity index (χ3n) is 1.51. The lowest BCUT2D eigenvalue weighted by molar-refractivity contribution is 0.00680. The van der Waals surface area contributed by atoms with Gasteiger partial charge in [-0.3, -0.25) is 4.79 Å². The molecule has 0 aliphatic rings. The maximum atomic E-state index is 12.6. The molecule has 0 saturated carbocycles. The lowest BCUT2D eigenvalue weighted by atomic mass is 10.2. The Kier molecular flexibility index (Phi) is 3.52. The molecule has 7 heteroatoms. The maximum absolute atomic E-state index is 12.6. The van der Waals surface area contributed by atoms with Crippen LogP contribution >= 0.6 is 11.6 Å². The second kappa shape index (κ2) is 4.48. The van der Waals surface area contributed by atoms with Gasteiger partial charge in [0.1, 0.15) is 5.15 Å². The van der Waals surface area contributed by atoms with Gasteiger partial charge < -0.3 is 5.32 Å². The van der Waals surface area contributed by atoms with Crippen molar-refractivity contribution in [3.8, 4) is 0 Å². The fraction of sp³-hybridized carbons (Fsp3) is 0.250. The number of anilines is 1. The number of hydrogen-bond donors (Lipinski definition) is 1. The van der Waals surface area contributed by atoms with Crippen LogP contribution in [0.25, 0.3) is 0 Å². The van der Waals surface area contributed by atoms with Crippen LogP contribution in [0.1, 0.15) is 10.4 Å². The van der Waals surface area contributed by atoms with Crippen molar-refractivity contribution >= 4 is 23.6 Å². The minimum atomic E-state index is -3.73. The summed E-state index contributed by atoms with van der Waals surface area (Å²) in [6.07, 6.45) is 1.34. The Bertz CT molecular complexity index is 373. The van der Waals surface area contributed by atoms with Crippen molar-refractivity contribution in [1.82, 2.24) is 4.98 Å². The summed E-state index contributed by atoms with van der Waals surface area (Å²) in [4.78, 5) is 14.0. The molecule has 15 heavy (non-hydrogen) atoms. The maximum Gasteiger partial charge on any atom is 0.351 e. The summed E-state index contributed by atoms with van der Waals surface area (Å²) in [5, 5.41) is 1.49. The van der Waals surface area contributed by atoms with Crippen LogP contribution in [0.15, 0.2) is 12.3 Å². The average molecular weight is 239 g/mol. The Morgan fingerprint density at radius 2 is 2.27 bits per heavy atom. The monoisotopic (exact) mass is 238 g/mol. The molecule has 0 spiro atoms. The predicted octanol–water partition coefficient (Wildman–Crippen LogP) is 2.52. The number of carbonyl (C=O) groups is 1. The highest BCUT2D eigenvalue weighted by atomic mass is 35.5. The van der Waals surface area contributed by atoms with Gasteiger partial charge in [-0.15, -0.1) is 0 Å². The molecule has 1 N–H and O–H groups in total. The smallest absolute Gasteiger partial charge is 0.324 e. The van der Waals surface area contributed by atoms with E-state index in [2.05, 4.69) is 4.98 Å². The molecule has 0 aliphatic carbocycles. The topological polar surface area (TPSA) is 42.0 Å². The van der Waals surface area contributed by atoms with Crippen LogP contribution in [-0.2, 0) is 0 Å². The molecule has 0 atom stereocenters. The molecule has 0 bridgehead atoms. The van der Waals surface area contributed by atoms with Gasteiger partial charge in [0.15, 0.2) is 13.0 Å². The highest BCUT2D eigenvalue weighted by Gasteiger charge is 2.29. The van der Waals surface area contributed by atoms with E-state index in [-0.39, 0.29) is 16.4 Å². The van der Waals surface area contributed by atoms with Crippen molar-refractivity contribution < 1.29 is 18.0 Å². The minimum Gasteiger partial charge on any atom is -0.324 e. The third kappa shape index (κ3) is 3.09. The Morgan fingerprint density at radius 1 is 1.60 bits per heavy atom. The summed E-state index contributed by atoms with van der Waals surface area (Å²) >= 11 is 5.44. The lowest BCUT2D eigenvalue weighted by Gasteiger charge is -2.16. The largest absolute Gasteiger partial charge is 0.351 e. The van der Waals surface area contributed by atoms with Gasteiger partial charge >= 0.3 is 6.05 Å². The molecule has 0 fully saturated rings. The van der Waals surface area contributed by atoms with Crippen LogP contribution in [0.3, 0.4) is 0 Å². The molecule has 0 radical (unpaired) electrons. The molecule has 1 rings (SSSR count). The summed E-state index contributed by atoms with van der Waals surface area (Å²) in [6.45, 7) is -1.88. The van der Waals surface area contributed by atoms with Crippen molar-refractivity contribution in [2.75, 3.05) is 12.0 Å². The molecule has 0 amide bonds. The standard InChI is InChI=1S/C8H6ClF3N2O/c9-7-1-6(5(3-15)2-13-7)14-8(11,12)4-10/h1-3H,4H2,(H,13,14). The quantitative estimate of drug-likeness (QED) is 0.498. The number of carbonyl (C=O) groups excluding carboxylic acids is 1. The molecular weight excluding hydrogens is 233 g/mol. The van der Waals surface area contributed by atoms with Gasteiger partial charge in [0, 0.05) is 6.20 Å². The molecule has 0 aliphatic heterocycles. The molecule has 0 aromatic carbocycles. The van der Waals surface area contributed by atoms with E-state index in [9.17, 15) is 18.0 Å². The summed E-state index contributed by atoms with van der Waals surface area (Å²) in [5.74, 6) is 0. The number of halogens is 4. The third-order valence-corrected chi connectivity index (χ3v) is 1.72. The van der Waals surface area contributed by atoms with Crippen LogP contribution in [0.4, 0.5) is 18.9 Å². The van der Waals surface area contributed by atoms with E-state index in [4.69, 9.17) is 11.6 Å². The SMILES string of the molecule is O=Cc1cnc(Cl)cc1NC(F)(F)CF. The predicted molar refractivity (Wildman–Crippen MR) is 49.2 cm³/mol. The first-order valence-corrected chi connectivity index (χ1v) is 4.19. The summed E-state index contributed by atoms with van der Waals surface area (Å²) in [5.41, 5.74) is -0.375. The number of aromatic nitrogens is 1. The van der Waals surface area contributed by atoms with Gasteiger partial charge in [0.05, 0.1) is 11.3 Å². The first-order valence-electron chi connectivity index (χ1n) is 3.81. The van der Waals surface area contributed by atoms with Crippen LogP contribution in [0, 0.1) is 0 Å². The van der Waals surface area contributed by atoms with E-state index in [0.29, 0.717) is 6.29 Å². The van der Waals surface area contributed by atoms with Crippen molar-refractivity contribution in [3.63, 3.8) is 0 Å². The molecule has 1 aromatic rings. The minimum absolute atomic E-state index is 0.0715. The number of pyridine rings is 1. The number of aldehydes is 1. The summed E-state index contributed by atoms with van der Waals surface area (Å²) < 4.78 is 37.1. The number of alkyl halides is 3. The van der Waals surface area contributed by atoms with E-state index < -0.39 is 12.7 Å². The van der Waals surface area contributed by atoms with Crippen molar-refractivity contribution in [2.24, 2.45) is 0 Å². The van der Waals surface area contributed by atoms with Crippen LogP contribution < -0.4 is 5.32 Å². The fourth-order valence-corrected chi connectivity index (χ4v) is 1.03. The van der Waals surface area contributed by atoms with Gasteiger partial charge in [0.2, 0.25) is 0 Å². The summed E-state index contributed by atoms with van der Waals surface area (Å²) in [7, 11) is 0. The Labute approximate surface area is 88.3 Å². The second-order valence-electron chi connectivity index (χ2n) is 2.68. The average Bonchev–Trinajstić information content (AvgIpc) is 2.18. The van der Waals surface area contributed by atoms with Gasteiger partial charge in [0.25, 0.3) is 0 Å². The van der Waals surface area contributed by atoms with Crippen LogP contribution in [0.2, 0.25) is 5.15 Å². The van der Waals surface area contributed by atoms with E-state index in [1.165, 1.54) is 0 Å². The first kappa shape index (κ1) is 11.8. The Morgan fingerprint density at radius 3 is 2.80 bits per heavy atom. The molecule has 3 nitrogen and oxygen atoms in total. The molecule has 0 unspecified atom stereocenters. The van der Waals surface area contributed by atoms with E-state index in [1.807, 2.05) is 0 Å². The molecule has 1 aromatic heterocycles. The van der Waals surface area contributed by atoms with Gasteiger partial charge in [-0.05, 0) is 6.07 Å². The molecular formula is C8H6ClF3N2O. The summed E-state index contributed by atoms with van der Waals surface area (Å²) in [6, 6.07) is -2.71.